The number of hydrogen-bond donors (Lipinski definition) is 0. The van der Waals surface area contributed by atoms with Crippen molar-refractivity contribution >= 4 is 28.5 Å². The van der Waals surface area contributed by atoms with Gasteiger partial charge in [0.15, 0.2) is 28.7 Å². The Hall–Kier alpha value is -3.73. The summed E-state index contributed by atoms with van der Waals surface area (Å²) < 4.78 is 34.3. The highest BCUT2D eigenvalue weighted by molar-refractivity contribution is 7.99. The predicted molar refractivity (Wildman–Crippen MR) is 143 cm³/mol. The normalized spacial score (nSPS) is 13.3. The van der Waals surface area contributed by atoms with Crippen LogP contribution in [0.25, 0.3) is 21.9 Å². The van der Waals surface area contributed by atoms with Gasteiger partial charge in [-0.05, 0) is 29.8 Å². The van der Waals surface area contributed by atoms with E-state index in [0.29, 0.717) is 63.7 Å². The van der Waals surface area contributed by atoms with Gasteiger partial charge in [0.25, 0.3) is 5.56 Å². The molecule has 2 heterocycles. The molecule has 1 aliphatic rings. The second-order valence-corrected chi connectivity index (χ2v) is 9.29. The number of esters is 1. The van der Waals surface area contributed by atoms with Crippen molar-refractivity contribution in [3.63, 3.8) is 0 Å². The summed E-state index contributed by atoms with van der Waals surface area (Å²) in [5.41, 5.74) is 0.750. The monoisotopic (exact) mass is 530 g/mol. The van der Waals surface area contributed by atoms with Crippen LogP contribution in [0.3, 0.4) is 0 Å². The van der Waals surface area contributed by atoms with Crippen molar-refractivity contribution in [2.75, 3.05) is 72.3 Å². The van der Waals surface area contributed by atoms with Gasteiger partial charge in [-0.15, -0.1) is 0 Å². The second kappa shape index (κ2) is 11.1. The Bertz CT molecular complexity index is 1360. The number of pyridine rings is 1. The molecule has 198 valence electrons. The number of ether oxygens (including phenoxy) is 6. The zero-order valence-electron chi connectivity index (χ0n) is 21.7. The molecule has 0 N–H and O–H groups in total. The van der Waals surface area contributed by atoms with Gasteiger partial charge < -0.3 is 33.4 Å². The lowest BCUT2D eigenvalue weighted by Crippen LogP contribution is -2.49. The fraction of sp³-hybridized carbons (Fsp3) is 0.385. The van der Waals surface area contributed by atoms with Gasteiger partial charge in [-0.1, -0.05) is 0 Å². The Balaban J connectivity index is 2.23. The molecular formula is C26H30N2O8S. The van der Waals surface area contributed by atoms with Gasteiger partial charge in [0.2, 0.25) is 5.75 Å². The predicted octanol–water partition coefficient (Wildman–Crippen LogP) is 3.18. The van der Waals surface area contributed by atoms with Crippen LogP contribution in [0.5, 0.6) is 28.7 Å². The summed E-state index contributed by atoms with van der Waals surface area (Å²) in [6.45, 7) is 1.17. The van der Waals surface area contributed by atoms with Crippen LogP contribution < -0.4 is 34.3 Å². The summed E-state index contributed by atoms with van der Waals surface area (Å²) in [5, 5.41) is 2.72. The molecule has 0 unspecified atom stereocenters. The van der Waals surface area contributed by atoms with Gasteiger partial charge in [0, 0.05) is 35.5 Å². The van der Waals surface area contributed by atoms with E-state index in [1.807, 2.05) is 5.01 Å². The number of carbonyl (C=O) groups is 1. The number of rotatable bonds is 8. The average molecular weight is 531 g/mol. The van der Waals surface area contributed by atoms with E-state index < -0.39 is 5.97 Å². The lowest BCUT2D eigenvalue weighted by molar-refractivity contribution is 0.0587. The van der Waals surface area contributed by atoms with E-state index in [4.69, 9.17) is 28.4 Å². The van der Waals surface area contributed by atoms with E-state index in [-0.39, 0.29) is 11.3 Å². The summed E-state index contributed by atoms with van der Waals surface area (Å²) in [5.74, 6) is 2.98. The van der Waals surface area contributed by atoms with Crippen molar-refractivity contribution in [3.05, 3.63) is 40.3 Å². The van der Waals surface area contributed by atoms with E-state index in [9.17, 15) is 9.59 Å². The van der Waals surface area contributed by atoms with Gasteiger partial charge in [-0.3, -0.25) is 4.79 Å². The molecule has 1 fully saturated rings. The Morgan fingerprint density at radius 3 is 1.78 bits per heavy atom. The maximum absolute atomic E-state index is 14.0. The molecule has 1 aromatic heterocycles. The molecule has 0 aliphatic carbocycles. The third-order valence-electron chi connectivity index (χ3n) is 6.27. The van der Waals surface area contributed by atoms with E-state index in [0.717, 1.165) is 11.5 Å². The fourth-order valence-electron chi connectivity index (χ4n) is 4.54. The summed E-state index contributed by atoms with van der Waals surface area (Å²) in [7, 11) is 8.85. The summed E-state index contributed by atoms with van der Waals surface area (Å²) >= 11 is 1.79. The molecule has 1 aliphatic heterocycles. The highest BCUT2D eigenvalue weighted by Gasteiger charge is 2.30. The average Bonchev–Trinajstić information content (AvgIpc) is 2.95. The van der Waals surface area contributed by atoms with Gasteiger partial charge in [0.05, 0.1) is 48.0 Å². The quantitative estimate of drug-likeness (QED) is 0.404. The van der Waals surface area contributed by atoms with Gasteiger partial charge >= 0.3 is 5.97 Å². The van der Waals surface area contributed by atoms with Gasteiger partial charge in [-0.2, -0.15) is 11.8 Å². The summed E-state index contributed by atoms with van der Waals surface area (Å²) in [4.78, 5) is 27.4. The van der Waals surface area contributed by atoms with Crippen LogP contribution in [0.15, 0.2) is 29.1 Å². The number of benzene rings is 2. The molecule has 10 nitrogen and oxygen atoms in total. The number of methoxy groups -OCH3 is 6. The zero-order valence-corrected chi connectivity index (χ0v) is 22.5. The zero-order chi connectivity index (χ0) is 26.7. The maximum Gasteiger partial charge on any atom is 0.357 e. The first kappa shape index (κ1) is 26.3. The van der Waals surface area contributed by atoms with Gasteiger partial charge in [0.1, 0.15) is 0 Å². The molecule has 0 spiro atoms. The summed E-state index contributed by atoms with van der Waals surface area (Å²) in [6, 6.07) is 6.80. The smallest absolute Gasteiger partial charge is 0.357 e. The first-order valence-electron chi connectivity index (χ1n) is 11.5. The van der Waals surface area contributed by atoms with E-state index in [1.165, 1.54) is 47.3 Å². The highest BCUT2D eigenvalue weighted by atomic mass is 32.2. The SMILES string of the molecule is COC(=O)c1c(-c2cc(OC)c(OC)c(OC)c2)c2cc(OC)c(OC)cc2c(=O)n1N1CCSCC1. The van der Waals surface area contributed by atoms with Crippen molar-refractivity contribution in [2.45, 2.75) is 0 Å². The topological polar surface area (TPSA) is 97.7 Å². The Morgan fingerprint density at radius 1 is 0.757 bits per heavy atom. The van der Waals surface area contributed by atoms with Crippen LogP contribution in [0.4, 0.5) is 0 Å². The molecule has 3 aromatic rings. The number of hydrogen-bond acceptors (Lipinski definition) is 10. The lowest BCUT2D eigenvalue weighted by atomic mass is 9.95. The molecule has 0 amide bonds. The van der Waals surface area contributed by atoms with Crippen LogP contribution in [0.2, 0.25) is 0 Å². The molecule has 0 radical (unpaired) electrons. The Morgan fingerprint density at radius 2 is 1.30 bits per heavy atom. The number of aromatic nitrogens is 1. The third-order valence-corrected chi connectivity index (χ3v) is 7.21. The van der Waals surface area contributed by atoms with Crippen LogP contribution in [-0.2, 0) is 4.74 Å². The van der Waals surface area contributed by atoms with Crippen LogP contribution >= 0.6 is 11.8 Å². The van der Waals surface area contributed by atoms with Crippen molar-refractivity contribution in [1.29, 1.82) is 0 Å². The van der Waals surface area contributed by atoms with Crippen LogP contribution in [-0.4, -0.2) is 77.9 Å². The van der Waals surface area contributed by atoms with E-state index in [2.05, 4.69) is 0 Å². The molecule has 4 rings (SSSR count). The maximum atomic E-state index is 14.0. The van der Waals surface area contributed by atoms with Crippen molar-refractivity contribution in [2.24, 2.45) is 0 Å². The van der Waals surface area contributed by atoms with E-state index >= 15 is 0 Å². The molecule has 2 aromatic carbocycles. The van der Waals surface area contributed by atoms with Crippen molar-refractivity contribution in [3.8, 4) is 39.9 Å². The minimum Gasteiger partial charge on any atom is -0.493 e. The molecular weight excluding hydrogens is 500 g/mol. The standard InChI is InChI=1S/C26H30N2O8S/c1-31-18-13-16-17(14-19(18)32-2)25(29)28(27-7-9-37-10-8-27)23(26(30)36-6)22(16)15-11-20(33-3)24(35-5)21(12-15)34-4/h11-14H,7-10H2,1-6H3. The first-order chi connectivity index (χ1) is 17.9. The van der Waals surface area contributed by atoms with Crippen LogP contribution in [0, 0.1) is 0 Å². The highest BCUT2D eigenvalue weighted by Crippen LogP contribution is 2.44. The molecule has 0 bridgehead atoms. The minimum absolute atomic E-state index is 0.0911. The number of thioether (sulfide) groups is 1. The Labute approximate surface area is 218 Å². The number of fused-ring (bicyclic) bond motifs is 1. The van der Waals surface area contributed by atoms with E-state index in [1.54, 1.807) is 36.0 Å². The molecule has 37 heavy (non-hydrogen) atoms. The molecule has 1 saturated heterocycles. The number of carbonyl (C=O) groups excluding carboxylic acids is 1. The third kappa shape index (κ3) is 4.59. The lowest BCUT2D eigenvalue weighted by Gasteiger charge is -2.32. The Kier molecular flexibility index (Phi) is 7.91. The van der Waals surface area contributed by atoms with Crippen LogP contribution in [0.1, 0.15) is 10.5 Å². The first-order valence-corrected chi connectivity index (χ1v) is 12.7. The summed E-state index contributed by atoms with van der Waals surface area (Å²) in [6.07, 6.45) is 0. The molecule has 11 heteroatoms. The largest absolute Gasteiger partial charge is 0.493 e. The second-order valence-electron chi connectivity index (χ2n) is 8.06. The minimum atomic E-state index is -0.657. The number of nitrogens with zero attached hydrogens (tertiary/aromatic N) is 2. The molecule has 0 atom stereocenters. The fourth-order valence-corrected chi connectivity index (χ4v) is 5.42. The van der Waals surface area contributed by atoms with Crippen molar-refractivity contribution < 1.29 is 33.2 Å². The van der Waals surface area contributed by atoms with Gasteiger partial charge in [-0.25, -0.2) is 9.47 Å². The molecule has 0 saturated carbocycles. The van der Waals surface area contributed by atoms with Crippen molar-refractivity contribution in [1.82, 2.24) is 4.68 Å².